The fourth-order valence-corrected chi connectivity index (χ4v) is 1.95. The number of piperidine rings is 1. The first-order chi connectivity index (χ1) is 7.77. The molecule has 2 heterocycles. The minimum absolute atomic E-state index is 0. The Balaban J connectivity index is 0.00000144. The number of nitrogens with one attached hydrogen (secondary N) is 2. The van der Waals surface area contributed by atoms with Crippen LogP contribution in [0.25, 0.3) is 0 Å². The van der Waals surface area contributed by atoms with E-state index in [4.69, 9.17) is 0 Å². The van der Waals surface area contributed by atoms with E-state index in [0.29, 0.717) is 6.54 Å². The van der Waals surface area contributed by atoms with Gasteiger partial charge in [0.1, 0.15) is 0 Å². The van der Waals surface area contributed by atoms with Gasteiger partial charge in [0.25, 0.3) is 0 Å². The fraction of sp³-hybridized carbons (Fsp3) is 0.636. The summed E-state index contributed by atoms with van der Waals surface area (Å²) in [7, 11) is 1.88. The first kappa shape index (κ1) is 14.0. The SMILES string of the molecule is Cl.Cn1nccc1CNC(=O)[C@@H]1CCCCN1. The number of aromatic nitrogens is 2. The van der Waals surface area contributed by atoms with Gasteiger partial charge < -0.3 is 10.6 Å². The monoisotopic (exact) mass is 258 g/mol. The van der Waals surface area contributed by atoms with Crippen molar-refractivity contribution in [2.45, 2.75) is 31.8 Å². The van der Waals surface area contributed by atoms with Crippen LogP contribution in [0.15, 0.2) is 12.3 Å². The molecule has 2 rings (SSSR count). The van der Waals surface area contributed by atoms with Gasteiger partial charge in [-0.1, -0.05) is 6.42 Å². The molecule has 0 saturated carbocycles. The van der Waals surface area contributed by atoms with Crippen molar-refractivity contribution in [1.82, 2.24) is 20.4 Å². The predicted octanol–water partition coefficient (Wildman–Crippen LogP) is 0.600. The van der Waals surface area contributed by atoms with Crippen molar-refractivity contribution in [3.05, 3.63) is 18.0 Å². The first-order valence-electron chi connectivity index (χ1n) is 5.75. The molecule has 0 aliphatic carbocycles. The number of amides is 1. The van der Waals surface area contributed by atoms with Gasteiger partial charge in [-0.05, 0) is 25.5 Å². The molecule has 96 valence electrons. The molecule has 1 amide bonds. The lowest BCUT2D eigenvalue weighted by molar-refractivity contribution is -0.123. The zero-order valence-corrected chi connectivity index (χ0v) is 10.8. The molecule has 1 fully saturated rings. The maximum atomic E-state index is 11.8. The second-order valence-electron chi connectivity index (χ2n) is 4.17. The number of aryl methyl sites for hydroxylation is 1. The fourth-order valence-electron chi connectivity index (χ4n) is 1.95. The Hall–Kier alpha value is -1.07. The lowest BCUT2D eigenvalue weighted by Crippen LogP contribution is -2.46. The summed E-state index contributed by atoms with van der Waals surface area (Å²) >= 11 is 0. The Bertz CT molecular complexity index is 360. The third-order valence-electron chi connectivity index (χ3n) is 2.99. The minimum atomic E-state index is -0.0121. The standard InChI is InChI=1S/C11H18N4O.ClH/c1-15-9(5-7-14-15)8-13-11(16)10-4-2-3-6-12-10;/h5,7,10,12H,2-4,6,8H2,1H3,(H,13,16);1H/t10-;/m0./s1. The number of nitrogens with zero attached hydrogens (tertiary/aromatic N) is 2. The van der Waals surface area contributed by atoms with Crippen LogP contribution >= 0.6 is 12.4 Å². The lowest BCUT2D eigenvalue weighted by atomic mass is 10.0. The van der Waals surface area contributed by atoms with Crippen LogP contribution in [0.2, 0.25) is 0 Å². The van der Waals surface area contributed by atoms with E-state index in [1.165, 1.54) is 6.42 Å². The van der Waals surface area contributed by atoms with Gasteiger partial charge in [-0.3, -0.25) is 9.48 Å². The van der Waals surface area contributed by atoms with Gasteiger partial charge >= 0.3 is 0 Å². The molecule has 1 aromatic rings. The van der Waals surface area contributed by atoms with Gasteiger partial charge in [0.15, 0.2) is 0 Å². The van der Waals surface area contributed by atoms with Crippen LogP contribution in [0.4, 0.5) is 0 Å². The highest BCUT2D eigenvalue weighted by atomic mass is 35.5. The Morgan fingerprint density at radius 1 is 1.65 bits per heavy atom. The molecule has 1 aliphatic rings. The van der Waals surface area contributed by atoms with Crippen molar-refractivity contribution in [2.75, 3.05) is 6.54 Å². The predicted molar refractivity (Wildman–Crippen MR) is 67.9 cm³/mol. The highest BCUT2D eigenvalue weighted by molar-refractivity contribution is 5.85. The average molecular weight is 259 g/mol. The summed E-state index contributed by atoms with van der Waals surface area (Å²) in [6, 6.07) is 1.90. The maximum Gasteiger partial charge on any atom is 0.237 e. The molecule has 0 spiro atoms. The molecule has 17 heavy (non-hydrogen) atoms. The summed E-state index contributed by atoms with van der Waals surface area (Å²) in [4.78, 5) is 11.8. The zero-order chi connectivity index (χ0) is 11.4. The van der Waals surface area contributed by atoms with Crippen molar-refractivity contribution in [3.63, 3.8) is 0 Å². The van der Waals surface area contributed by atoms with Crippen LogP contribution in [0.1, 0.15) is 25.0 Å². The van der Waals surface area contributed by atoms with Crippen molar-refractivity contribution < 1.29 is 4.79 Å². The van der Waals surface area contributed by atoms with E-state index >= 15 is 0 Å². The summed E-state index contributed by atoms with van der Waals surface area (Å²) in [6.07, 6.45) is 4.99. The topological polar surface area (TPSA) is 59.0 Å². The summed E-state index contributed by atoms with van der Waals surface area (Å²) < 4.78 is 1.77. The van der Waals surface area contributed by atoms with E-state index in [2.05, 4.69) is 15.7 Å². The zero-order valence-electron chi connectivity index (χ0n) is 9.98. The summed E-state index contributed by atoms with van der Waals surface area (Å²) in [6.45, 7) is 1.50. The third-order valence-corrected chi connectivity index (χ3v) is 2.99. The summed E-state index contributed by atoms with van der Waals surface area (Å²) in [5, 5.41) is 10.2. The molecule has 6 heteroatoms. The van der Waals surface area contributed by atoms with Crippen LogP contribution in [0, 0.1) is 0 Å². The molecule has 0 aromatic carbocycles. The third kappa shape index (κ3) is 3.71. The molecule has 1 aromatic heterocycles. The largest absolute Gasteiger partial charge is 0.349 e. The van der Waals surface area contributed by atoms with E-state index in [1.54, 1.807) is 10.9 Å². The van der Waals surface area contributed by atoms with Gasteiger partial charge in [-0.25, -0.2) is 0 Å². The molecular weight excluding hydrogens is 240 g/mol. The number of carbonyl (C=O) groups excluding carboxylic acids is 1. The van der Waals surface area contributed by atoms with Crippen molar-refractivity contribution >= 4 is 18.3 Å². The molecule has 1 saturated heterocycles. The Morgan fingerprint density at radius 2 is 2.47 bits per heavy atom. The molecular formula is C11H19ClN4O. The Kier molecular flexibility index (Phi) is 5.44. The van der Waals surface area contributed by atoms with E-state index < -0.39 is 0 Å². The number of rotatable bonds is 3. The van der Waals surface area contributed by atoms with Crippen LogP contribution in [0.3, 0.4) is 0 Å². The summed E-state index contributed by atoms with van der Waals surface area (Å²) in [5.41, 5.74) is 1.02. The van der Waals surface area contributed by atoms with E-state index in [1.807, 2.05) is 13.1 Å². The van der Waals surface area contributed by atoms with E-state index in [-0.39, 0.29) is 24.4 Å². The maximum absolute atomic E-state index is 11.8. The van der Waals surface area contributed by atoms with Gasteiger partial charge in [-0.15, -0.1) is 12.4 Å². The number of carbonyl (C=O) groups is 1. The second kappa shape index (κ2) is 6.61. The van der Waals surface area contributed by atoms with Gasteiger partial charge in [0.2, 0.25) is 5.91 Å². The molecule has 0 unspecified atom stereocenters. The molecule has 5 nitrogen and oxygen atoms in total. The Labute approximate surface area is 107 Å². The van der Waals surface area contributed by atoms with Crippen LogP contribution in [0.5, 0.6) is 0 Å². The molecule has 0 bridgehead atoms. The molecule has 2 N–H and O–H groups in total. The Morgan fingerprint density at radius 3 is 3.06 bits per heavy atom. The van der Waals surface area contributed by atoms with Gasteiger partial charge in [-0.2, -0.15) is 5.10 Å². The quantitative estimate of drug-likeness (QED) is 0.835. The van der Waals surface area contributed by atoms with Crippen molar-refractivity contribution in [1.29, 1.82) is 0 Å². The smallest absolute Gasteiger partial charge is 0.237 e. The highest BCUT2D eigenvalue weighted by Gasteiger charge is 2.19. The highest BCUT2D eigenvalue weighted by Crippen LogP contribution is 2.07. The molecule has 1 aliphatic heterocycles. The van der Waals surface area contributed by atoms with Gasteiger partial charge in [0.05, 0.1) is 18.3 Å². The van der Waals surface area contributed by atoms with Gasteiger partial charge in [0, 0.05) is 13.2 Å². The molecule has 0 radical (unpaired) electrons. The first-order valence-corrected chi connectivity index (χ1v) is 5.75. The van der Waals surface area contributed by atoms with Crippen LogP contribution < -0.4 is 10.6 Å². The average Bonchev–Trinajstić information content (AvgIpc) is 2.73. The number of halogens is 1. The number of hydrogen-bond donors (Lipinski definition) is 2. The van der Waals surface area contributed by atoms with Crippen molar-refractivity contribution in [2.24, 2.45) is 7.05 Å². The van der Waals surface area contributed by atoms with E-state index in [9.17, 15) is 4.79 Å². The summed E-state index contributed by atoms with van der Waals surface area (Å²) in [5.74, 6) is 0.0981. The van der Waals surface area contributed by atoms with Crippen LogP contribution in [-0.2, 0) is 18.4 Å². The second-order valence-corrected chi connectivity index (χ2v) is 4.17. The van der Waals surface area contributed by atoms with E-state index in [0.717, 1.165) is 25.1 Å². The van der Waals surface area contributed by atoms with Crippen molar-refractivity contribution in [3.8, 4) is 0 Å². The van der Waals surface area contributed by atoms with Crippen LogP contribution in [-0.4, -0.2) is 28.3 Å². The lowest BCUT2D eigenvalue weighted by Gasteiger charge is -2.22. The molecule has 1 atom stereocenters. The number of hydrogen-bond acceptors (Lipinski definition) is 3. The normalized spacial score (nSPS) is 19.5. The minimum Gasteiger partial charge on any atom is -0.349 e.